The van der Waals surface area contributed by atoms with E-state index in [0.717, 1.165) is 48.1 Å². The van der Waals surface area contributed by atoms with E-state index < -0.39 is 0 Å². The van der Waals surface area contributed by atoms with E-state index in [0.29, 0.717) is 6.42 Å². The third-order valence-corrected chi connectivity index (χ3v) is 4.01. The van der Waals surface area contributed by atoms with E-state index in [4.69, 9.17) is 5.41 Å². The highest BCUT2D eigenvalue weighted by Gasteiger charge is 2.17. The van der Waals surface area contributed by atoms with E-state index >= 15 is 0 Å². The maximum absolute atomic E-state index is 12.4. The first kappa shape index (κ1) is 13.8. The monoisotopic (exact) mass is 281 g/mol. The second-order valence-corrected chi connectivity index (χ2v) is 5.31. The van der Waals surface area contributed by atoms with Crippen LogP contribution in [-0.2, 0) is 11.2 Å². The first-order chi connectivity index (χ1) is 10.3. The Morgan fingerprint density at radius 2 is 1.86 bits per heavy atom. The van der Waals surface area contributed by atoms with Gasteiger partial charge in [-0.3, -0.25) is 4.79 Å². The lowest BCUT2D eigenvalue weighted by Gasteiger charge is -2.27. The average molecular weight is 281 g/mol. The summed E-state index contributed by atoms with van der Waals surface area (Å²) in [5.41, 5.74) is 1.93. The molecule has 1 aliphatic heterocycles. The predicted octanol–water partition coefficient (Wildman–Crippen LogP) is 1.81. The molecule has 2 aromatic rings. The summed E-state index contributed by atoms with van der Waals surface area (Å²) >= 11 is 0. The van der Waals surface area contributed by atoms with Gasteiger partial charge in [-0.25, -0.2) is 0 Å². The molecule has 21 heavy (non-hydrogen) atoms. The number of nitrogens with one attached hydrogen (secondary N) is 2. The van der Waals surface area contributed by atoms with Crippen LogP contribution in [0.15, 0.2) is 36.4 Å². The quantitative estimate of drug-likeness (QED) is 0.843. The van der Waals surface area contributed by atoms with E-state index in [-0.39, 0.29) is 5.91 Å². The fourth-order valence-corrected chi connectivity index (χ4v) is 2.85. The molecule has 4 heteroatoms. The fraction of sp³-hybridized carbons (Fsp3) is 0.294. The van der Waals surface area contributed by atoms with Gasteiger partial charge < -0.3 is 15.6 Å². The summed E-state index contributed by atoms with van der Waals surface area (Å²) in [5.74, 6) is 0.184. The number of hydrogen-bond acceptors (Lipinski definition) is 3. The van der Waals surface area contributed by atoms with Crippen molar-refractivity contribution in [2.75, 3.05) is 26.2 Å². The lowest BCUT2D eigenvalue weighted by atomic mass is 9.98. The molecule has 108 valence electrons. The molecule has 0 atom stereocenters. The highest BCUT2D eigenvalue weighted by atomic mass is 16.2. The molecule has 1 amide bonds. The summed E-state index contributed by atoms with van der Waals surface area (Å²) < 4.78 is 0. The minimum absolute atomic E-state index is 0.184. The molecule has 0 spiro atoms. The molecule has 1 aliphatic rings. The fourth-order valence-electron chi connectivity index (χ4n) is 2.85. The van der Waals surface area contributed by atoms with E-state index in [9.17, 15) is 4.79 Å². The Hall–Kier alpha value is -2.20. The van der Waals surface area contributed by atoms with Crippen molar-refractivity contribution < 1.29 is 4.79 Å². The van der Waals surface area contributed by atoms with Crippen molar-refractivity contribution in [1.29, 1.82) is 5.41 Å². The van der Waals surface area contributed by atoms with Crippen LogP contribution in [0, 0.1) is 5.41 Å². The van der Waals surface area contributed by atoms with E-state index in [1.807, 2.05) is 41.3 Å². The molecule has 0 aromatic heterocycles. The van der Waals surface area contributed by atoms with Crippen LogP contribution < -0.4 is 5.32 Å². The van der Waals surface area contributed by atoms with Crippen LogP contribution in [-0.4, -0.2) is 43.2 Å². The molecule has 1 heterocycles. The van der Waals surface area contributed by atoms with Gasteiger partial charge in [-0.15, -0.1) is 0 Å². The molecular formula is C17H19N3O. The number of benzene rings is 2. The summed E-state index contributed by atoms with van der Waals surface area (Å²) in [6.07, 6.45) is 1.79. The molecule has 1 fully saturated rings. The average Bonchev–Trinajstić information content (AvgIpc) is 2.56. The second kappa shape index (κ2) is 6.06. The molecule has 2 aromatic carbocycles. The van der Waals surface area contributed by atoms with Crippen LogP contribution in [0.1, 0.15) is 11.1 Å². The van der Waals surface area contributed by atoms with Crippen LogP contribution in [0.5, 0.6) is 0 Å². The van der Waals surface area contributed by atoms with Gasteiger partial charge in [0.2, 0.25) is 5.91 Å². The number of hydrogen-bond donors (Lipinski definition) is 2. The Balaban J connectivity index is 1.90. The van der Waals surface area contributed by atoms with E-state index in [1.54, 1.807) is 0 Å². The van der Waals surface area contributed by atoms with Gasteiger partial charge in [-0.05, 0) is 21.9 Å². The SMILES string of the molecule is N=Cc1ccc(CC(=O)N2CCNCC2)c2ccccc12. The van der Waals surface area contributed by atoms with Gasteiger partial charge in [0, 0.05) is 32.4 Å². The number of nitrogens with zero attached hydrogens (tertiary/aromatic N) is 1. The van der Waals surface area contributed by atoms with Gasteiger partial charge in [-0.1, -0.05) is 36.4 Å². The van der Waals surface area contributed by atoms with Gasteiger partial charge in [0.1, 0.15) is 0 Å². The molecule has 2 N–H and O–H groups in total. The molecule has 3 rings (SSSR count). The molecule has 1 saturated heterocycles. The van der Waals surface area contributed by atoms with Crippen molar-refractivity contribution in [2.24, 2.45) is 0 Å². The zero-order valence-corrected chi connectivity index (χ0v) is 11.9. The maximum atomic E-state index is 12.4. The number of fused-ring (bicyclic) bond motifs is 1. The zero-order valence-electron chi connectivity index (χ0n) is 11.9. The summed E-state index contributed by atoms with van der Waals surface area (Å²) in [4.78, 5) is 14.3. The van der Waals surface area contributed by atoms with Gasteiger partial charge in [0.15, 0.2) is 0 Å². The van der Waals surface area contributed by atoms with Crippen LogP contribution in [0.3, 0.4) is 0 Å². The molecule has 0 saturated carbocycles. The molecule has 0 aliphatic carbocycles. The van der Waals surface area contributed by atoms with Crippen molar-refractivity contribution in [3.8, 4) is 0 Å². The Morgan fingerprint density at radius 3 is 2.57 bits per heavy atom. The minimum Gasteiger partial charge on any atom is -0.340 e. The van der Waals surface area contributed by atoms with Crippen LogP contribution >= 0.6 is 0 Å². The van der Waals surface area contributed by atoms with Crippen molar-refractivity contribution in [2.45, 2.75) is 6.42 Å². The predicted molar refractivity (Wildman–Crippen MR) is 85.0 cm³/mol. The first-order valence-corrected chi connectivity index (χ1v) is 7.29. The van der Waals surface area contributed by atoms with Crippen molar-refractivity contribution in [3.63, 3.8) is 0 Å². The summed E-state index contributed by atoms with van der Waals surface area (Å²) in [5, 5.41) is 12.9. The third-order valence-electron chi connectivity index (χ3n) is 4.01. The van der Waals surface area contributed by atoms with Crippen LogP contribution in [0.25, 0.3) is 10.8 Å². The Bertz CT molecular complexity index is 675. The van der Waals surface area contributed by atoms with E-state index in [2.05, 4.69) is 5.32 Å². The highest BCUT2D eigenvalue weighted by Crippen LogP contribution is 2.22. The van der Waals surface area contributed by atoms with Gasteiger partial charge in [0.25, 0.3) is 0 Å². The third kappa shape index (κ3) is 2.81. The molecule has 4 nitrogen and oxygen atoms in total. The van der Waals surface area contributed by atoms with Gasteiger partial charge in [-0.2, -0.15) is 0 Å². The Kier molecular flexibility index (Phi) is 3.97. The Labute approximate surface area is 124 Å². The second-order valence-electron chi connectivity index (χ2n) is 5.31. The minimum atomic E-state index is 0.184. The number of carbonyl (C=O) groups is 1. The Morgan fingerprint density at radius 1 is 1.14 bits per heavy atom. The standard InChI is InChI=1S/C17H19N3O/c18-12-14-6-5-13(15-3-1-2-4-16(14)15)11-17(21)20-9-7-19-8-10-20/h1-6,12,18-19H,7-11H2. The highest BCUT2D eigenvalue weighted by molar-refractivity contribution is 6.01. The topological polar surface area (TPSA) is 56.2 Å². The van der Waals surface area contributed by atoms with Crippen LogP contribution in [0.4, 0.5) is 0 Å². The lowest BCUT2D eigenvalue weighted by molar-refractivity contribution is -0.131. The summed E-state index contributed by atoms with van der Waals surface area (Å²) in [6.45, 7) is 3.32. The summed E-state index contributed by atoms with van der Waals surface area (Å²) in [7, 11) is 0. The van der Waals surface area contributed by atoms with Crippen molar-refractivity contribution in [3.05, 3.63) is 47.5 Å². The summed E-state index contributed by atoms with van der Waals surface area (Å²) in [6, 6.07) is 11.9. The number of carbonyl (C=O) groups excluding carboxylic acids is 1. The molecule has 0 unspecified atom stereocenters. The van der Waals surface area contributed by atoms with Crippen molar-refractivity contribution in [1.82, 2.24) is 10.2 Å². The largest absolute Gasteiger partial charge is 0.340 e. The number of piperazine rings is 1. The molecule has 0 radical (unpaired) electrons. The lowest BCUT2D eigenvalue weighted by Crippen LogP contribution is -2.46. The van der Waals surface area contributed by atoms with Gasteiger partial charge in [0.05, 0.1) is 6.42 Å². The van der Waals surface area contributed by atoms with Crippen molar-refractivity contribution >= 4 is 22.9 Å². The zero-order chi connectivity index (χ0) is 14.7. The van der Waals surface area contributed by atoms with Gasteiger partial charge >= 0.3 is 0 Å². The molecular weight excluding hydrogens is 262 g/mol. The maximum Gasteiger partial charge on any atom is 0.227 e. The number of amides is 1. The smallest absolute Gasteiger partial charge is 0.227 e. The normalized spacial score (nSPS) is 15.1. The van der Waals surface area contributed by atoms with Crippen LogP contribution in [0.2, 0.25) is 0 Å². The first-order valence-electron chi connectivity index (χ1n) is 7.29. The number of rotatable bonds is 3. The van der Waals surface area contributed by atoms with E-state index in [1.165, 1.54) is 6.21 Å². The molecule has 0 bridgehead atoms.